The maximum atomic E-state index is 11.7. The largest absolute Gasteiger partial charge is 0.335 e. The Labute approximate surface area is 106 Å². The average molecular weight is 253 g/mol. The molecule has 0 atom stereocenters. The van der Waals surface area contributed by atoms with Crippen molar-refractivity contribution < 1.29 is 4.79 Å². The van der Waals surface area contributed by atoms with E-state index >= 15 is 0 Å². The molecular weight excluding hydrogens is 234 g/mol. The van der Waals surface area contributed by atoms with Gasteiger partial charge in [0.25, 0.3) is 0 Å². The van der Waals surface area contributed by atoms with E-state index in [2.05, 4.69) is 29.5 Å². The Morgan fingerprint density at radius 2 is 2.18 bits per heavy atom. The number of carbonyl (C=O) groups excluding carboxylic acids is 1. The van der Waals surface area contributed by atoms with E-state index in [0.29, 0.717) is 17.1 Å². The Kier molecular flexibility index (Phi) is 3.99. The molecule has 0 bridgehead atoms. The predicted octanol–water partition coefficient (Wildman–Crippen LogP) is 3.33. The van der Waals surface area contributed by atoms with Gasteiger partial charge in [0.1, 0.15) is 0 Å². The maximum Gasteiger partial charge on any atom is 0.321 e. The van der Waals surface area contributed by atoms with Crippen molar-refractivity contribution in [2.24, 2.45) is 0 Å². The molecule has 94 valence electrons. The van der Waals surface area contributed by atoms with Gasteiger partial charge in [-0.25, -0.2) is 9.78 Å². The fourth-order valence-electron chi connectivity index (χ4n) is 2.00. The van der Waals surface area contributed by atoms with Crippen molar-refractivity contribution in [2.45, 2.75) is 51.5 Å². The third-order valence-electron chi connectivity index (χ3n) is 3.00. The number of amides is 2. The molecule has 0 spiro atoms. The van der Waals surface area contributed by atoms with E-state index in [9.17, 15) is 4.79 Å². The van der Waals surface area contributed by atoms with E-state index in [0.717, 1.165) is 12.8 Å². The number of nitrogens with zero attached hydrogens (tertiary/aromatic N) is 1. The van der Waals surface area contributed by atoms with Crippen LogP contribution in [0.4, 0.5) is 9.93 Å². The first-order chi connectivity index (χ1) is 8.15. The summed E-state index contributed by atoms with van der Waals surface area (Å²) in [5, 5.41) is 6.47. The Morgan fingerprint density at radius 1 is 1.47 bits per heavy atom. The number of hydrogen-bond donors (Lipinski definition) is 2. The van der Waals surface area contributed by atoms with E-state index in [4.69, 9.17) is 0 Å². The molecule has 1 heterocycles. The number of carbonyl (C=O) groups is 1. The second kappa shape index (κ2) is 5.49. The summed E-state index contributed by atoms with van der Waals surface area (Å²) in [6.45, 7) is 4.24. The minimum Gasteiger partial charge on any atom is -0.335 e. The molecule has 0 aromatic carbocycles. The molecular formula is C12H19N3OS. The predicted molar refractivity (Wildman–Crippen MR) is 70.6 cm³/mol. The number of thiazole rings is 1. The Bertz CT molecular complexity index is 383. The van der Waals surface area contributed by atoms with Gasteiger partial charge in [-0.05, 0) is 18.8 Å². The molecule has 1 aliphatic carbocycles. The van der Waals surface area contributed by atoms with Crippen LogP contribution < -0.4 is 10.6 Å². The van der Waals surface area contributed by atoms with Crippen LogP contribution in [0.1, 0.15) is 50.3 Å². The van der Waals surface area contributed by atoms with Gasteiger partial charge in [0.15, 0.2) is 5.13 Å². The topological polar surface area (TPSA) is 54.0 Å². The highest BCUT2D eigenvalue weighted by Gasteiger charge is 2.17. The number of anilines is 1. The Balaban J connectivity index is 1.84. The number of aromatic nitrogens is 1. The third-order valence-corrected chi connectivity index (χ3v) is 4.22. The van der Waals surface area contributed by atoms with Crippen LogP contribution in [0.15, 0.2) is 6.20 Å². The fourth-order valence-corrected chi connectivity index (χ4v) is 2.81. The van der Waals surface area contributed by atoms with E-state index in [1.807, 2.05) is 6.20 Å². The summed E-state index contributed by atoms with van der Waals surface area (Å²) < 4.78 is 0. The molecule has 2 rings (SSSR count). The normalized spacial score (nSPS) is 16.4. The number of hydrogen-bond acceptors (Lipinski definition) is 3. The SMILES string of the molecule is CC(C)c1cnc(NC(=O)NC2CCCC2)s1. The summed E-state index contributed by atoms with van der Waals surface area (Å²) in [6.07, 6.45) is 6.48. The first-order valence-corrected chi connectivity index (χ1v) is 7.00. The second-order valence-corrected chi connectivity index (χ2v) is 5.86. The molecule has 1 aliphatic rings. The molecule has 5 heteroatoms. The van der Waals surface area contributed by atoms with Gasteiger partial charge in [-0.15, -0.1) is 11.3 Å². The van der Waals surface area contributed by atoms with Crippen molar-refractivity contribution in [3.05, 3.63) is 11.1 Å². The van der Waals surface area contributed by atoms with Crippen LogP contribution in [0.5, 0.6) is 0 Å². The Hall–Kier alpha value is -1.10. The summed E-state index contributed by atoms with van der Waals surface area (Å²) in [5.41, 5.74) is 0. The molecule has 1 saturated carbocycles. The monoisotopic (exact) mass is 253 g/mol. The van der Waals surface area contributed by atoms with Gasteiger partial charge < -0.3 is 5.32 Å². The first-order valence-electron chi connectivity index (χ1n) is 6.18. The summed E-state index contributed by atoms with van der Waals surface area (Å²) in [7, 11) is 0. The van der Waals surface area contributed by atoms with Gasteiger partial charge in [0.05, 0.1) is 0 Å². The minimum absolute atomic E-state index is 0.124. The molecule has 1 aromatic rings. The molecule has 4 nitrogen and oxygen atoms in total. The highest BCUT2D eigenvalue weighted by molar-refractivity contribution is 7.15. The molecule has 0 unspecified atom stereocenters. The quantitative estimate of drug-likeness (QED) is 0.868. The maximum absolute atomic E-state index is 11.7. The number of rotatable bonds is 3. The molecule has 2 N–H and O–H groups in total. The lowest BCUT2D eigenvalue weighted by molar-refractivity contribution is 0.248. The molecule has 0 aliphatic heterocycles. The van der Waals surface area contributed by atoms with Crippen molar-refractivity contribution >= 4 is 22.5 Å². The fraction of sp³-hybridized carbons (Fsp3) is 0.667. The van der Waals surface area contributed by atoms with Gasteiger partial charge in [-0.2, -0.15) is 0 Å². The second-order valence-electron chi connectivity index (χ2n) is 4.80. The van der Waals surface area contributed by atoms with Crippen LogP contribution in [0.2, 0.25) is 0 Å². The summed E-state index contributed by atoms with van der Waals surface area (Å²) in [4.78, 5) is 17.1. The molecule has 0 radical (unpaired) electrons. The van der Waals surface area contributed by atoms with Gasteiger partial charge in [0, 0.05) is 17.1 Å². The number of nitrogens with one attached hydrogen (secondary N) is 2. The van der Waals surface area contributed by atoms with Crippen molar-refractivity contribution in [3.8, 4) is 0 Å². The van der Waals surface area contributed by atoms with Crippen molar-refractivity contribution in [1.29, 1.82) is 0 Å². The lowest BCUT2D eigenvalue weighted by atomic mass is 10.2. The lowest BCUT2D eigenvalue weighted by Crippen LogP contribution is -2.36. The Morgan fingerprint density at radius 3 is 2.76 bits per heavy atom. The van der Waals surface area contributed by atoms with Crippen LogP contribution in [-0.4, -0.2) is 17.1 Å². The lowest BCUT2D eigenvalue weighted by Gasteiger charge is -2.11. The zero-order valence-electron chi connectivity index (χ0n) is 10.3. The average Bonchev–Trinajstić information content (AvgIpc) is 2.88. The van der Waals surface area contributed by atoms with Crippen LogP contribution in [0.25, 0.3) is 0 Å². The molecule has 17 heavy (non-hydrogen) atoms. The highest BCUT2D eigenvalue weighted by Crippen LogP contribution is 2.25. The van der Waals surface area contributed by atoms with E-state index in [-0.39, 0.29) is 6.03 Å². The smallest absolute Gasteiger partial charge is 0.321 e. The molecule has 1 fully saturated rings. The molecule has 0 saturated heterocycles. The zero-order valence-corrected chi connectivity index (χ0v) is 11.1. The van der Waals surface area contributed by atoms with E-state index < -0.39 is 0 Å². The first kappa shape index (κ1) is 12.4. The summed E-state index contributed by atoms with van der Waals surface area (Å²) in [6, 6.07) is 0.223. The van der Waals surface area contributed by atoms with Gasteiger partial charge in [-0.1, -0.05) is 26.7 Å². The van der Waals surface area contributed by atoms with Crippen molar-refractivity contribution in [1.82, 2.24) is 10.3 Å². The summed E-state index contributed by atoms with van der Waals surface area (Å²) >= 11 is 1.54. The van der Waals surface area contributed by atoms with Gasteiger partial charge in [-0.3, -0.25) is 5.32 Å². The standard InChI is InChI=1S/C12H19N3OS/c1-8(2)10-7-13-12(17-10)15-11(16)14-9-5-3-4-6-9/h7-9H,3-6H2,1-2H3,(H2,13,14,15,16). The van der Waals surface area contributed by atoms with Gasteiger partial charge in [0.2, 0.25) is 0 Å². The van der Waals surface area contributed by atoms with E-state index in [1.54, 1.807) is 11.3 Å². The minimum atomic E-state index is -0.124. The van der Waals surface area contributed by atoms with Crippen LogP contribution >= 0.6 is 11.3 Å². The molecule has 2 amide bonds. The van der Waals surface area contributed by atoms with Crippen molar-refractivity contribution in [3.63, 3.8) is 0 Å². The zero-order chi connectivity index (χ0) is 12.3. The number of urea groups is 1. The van der Waals surface area contributed by atoms with E-state index in [1.165, 1.54) is 17.7 Å². The molecule has 1 aromatic heterocycles. The highest BCUT2D eigenvalue weighted by atomic mass is 32.1. The third kappa shape index (κ3) is 3.43. The van der Waals surface area contributed by atoms with Crippen molar-refractivity contribution in [2.75, 3.05) is 5.32 Å². The van der Waals surface area contributed by atoms with Gasteiger partial charge >= 0.3 is 6.03 Å². The van der Waals surface area contributed by atoms with Crippen LogP contribution in [-0.2, 0) is 0 Å². The summed E-state index contributed by atoms with van der Waals surface area (Å²) in [5.74, 6) is 0.459. The van der Waals surface area contributed by atoms with Crippen LogP contribution in [0.3, 0.4) is 0 Å². The van der Waals surface area contributed by atoms with Crippen LogP contribution in [0, 0.1) is 0 Å².